The summed E-state index contributed by atoms with van der Waals surface area (Å²) < 4.78 is 1.15. The lowest BCUT2D eigenvalue weighted by Gasteiger charge is -2.23. The van der Waals surface area contributed by atoms with Crippen LogP contribution in [0, 0.1) is 5.92 Å². The molecule has 3 rings (SSSR count). The highest BCUT2D eigenvalue weighted by molar-refractivity contribution is 7.17. The predicted molar refractivity (Wildman–Crippen MR) is 77.5 cm³/mol. The van der Waals surface area contributed by atoms with Crippen LogP contribution in [-0.4, -0.2) is 35.1 Å². The molecule has 1 aromatic carbocycles. The number of carbonyl (C=O) groups is 1. The third-order valence-corrected chi connectivity index (χ3v) is 5.08. The molecule has 1 amide bonds. The molecule has 0 spiro atoms. The zero-order valence-electron chi connectivity index (χ0n) is 10.9. The van der Waals surface area contributed by atoms with Crippen molar-refractivity contribution in [2.75, 3.05) is 13.2 Å². The van der Waals surface area contributed by atoms with Gasteiger partial charge in [-0.2, -0.15) is 0 Å². The first-order chi connectivity index (χ1) is 9.22. The Kier molecular flexibility index (Phi) is 3.29. The Hall–Kier alpha value is -1.39. The molecule has 0 radical (unpaired) electrons. The number of rotatable bonds is 2. The number of amides is 1. The van der Waals surface area contributed by atoms with Gasteiger partial charge in [-0.25, -0.2) is 0 Å². The molecule has 3 nitrogen and oxygen atoms in total. The van der Waals surface area contributed by atoms with E-state index >= 15 is 0 Å². The Labute approximate surface area is 116 Å². The molecule has 2 heterocycles. The van der Waals surface area contributed by atoms with E-state index in [0.29, 0.717) is 0 Å². The molecule has 0 aliphatic carbocycles. The molecule has 0 bridgehead atoms. The van der Waals surface area contributed by atoms with Crippen LogP contribution in [0.1, 0.15) is 23.7 Å². The maximum Gasteiger partial charge on any atom is 0.255 e. The Balaban J connectivity index is 1.92. The monoisotopic (exact) mass is 275 g/mol. The van der Waals surface area contributed by atoms with Gasteiger partial charge in [0.2, 0.25) is 0 Å². The maximum atomic E-state index is 12.6. The number of benzene rings is 1. The topological polar surface area (TPSA) is 40.5 Å². The van der Waals surface area contributed by atoms with Crippen LogP contribution in [0.15, 0.2) is 29.6 Å². The van der Waals surface area contributed by atoms with Gasteiger partial charge in [0.1, 0.15) is 0 Å². The van der Waals surface area contributed by atoms with E-state index in [4.69, 9.17) is 0 Å². The molecule has 2 atom stereocenters. The zero-order chi connectivity index (χ0) is 13.4. The van der Waals surface area contributed by atoms with E-state index in [1.165, 1.54) is 0 Å². The summed E-state index contributed by atoms with van der Waals surface area (Å²) in [6, 6.07) is 8.13. The number of likely N-dealkylation sites (tertiary alicyclic amines) is 1. The molecular weight excluding hydrogens is 258 g/mol. The summed E-state index contributed by atoms with van der Waals surface area (Å²) in [5.41, 5.74) is 0.797. The lowest BCUT2D eigenvalue weighted by molar-refractivity contribution is 0.0719. The molecule has 1 aromatic heterocycles. The van der Waals surface area contributed by atoms with Gasteiger partial charge in [-0.05, 0) is 19.4 Å². The molecule has 1 aliphatic heterocycles. The lowest BCUT2D eigenvalue weighted by Crippen LogP contribution is -2.36. The molecule has 1 N–H and O–H groups in total. The smallest absolute Gasteiger partial charge is 0.255 e. The number of nitrogens with zero attached hydrogens (tertiary/aromatic N) is 1. The molecule has 1 aliphatic rings. The van der Waals surface area contributed by atoms with E-state index < -0.39 is 0 Å². The van der Waals surface area contributed by atoms with Gasteiger partial charge in [0.05, 0.1) is 5.56 Å². The largest absolute Gasteiger partial charge is 0.396 e. The van der Waals surface area contributed by atoms with Crippen LogP contribution in [0.25, 0.3) is 10.1 Å². The predicted octanol–water partition coefficient (Wildman–Crippen LogP) is 2.74. The second kappa shape index (κ2) is 4.94. The van der Waals surface area contributed by atoms with E-state index in [-0.39, 0.29) is 24.5 Å². The van der Waals surface area contributed by atoms with Crippen LogP contribution in [0.3, 0.4) is 0 Å². The van der Waals surface area contributed by atoms with Crippen molar-refractivity contribution in [2.45, 2.75) is 19.4 Å². The zero-order valence-corrected chi connectivity index (χ0v) is 11.7. The lowest BCUT2D eigenvalue weighted by atomic mass is 10.0. The fourth-order valence-electron chi connectivity index (χ4n) is 2.83. The van der Waals surface area contributed by atoms with E-state index in [1.54, 1.807) is 11.3 Å². The van der Waals surface area contributed by atoms with Gasteiger partial charge in [-0.1, -0.05) is 18.2 Å². The quantitative estimate of drug-likeness (QED) is 0.915. The highest BCUT2D eigenvalue weighted by atomic mass is 32.1. The Bertz CT molecular complexity index is 607. The van der Waals surface area contributed by atoms with Crippen molar-refractivity contribution in [3.8, 4) is 0 Å². The van der Waals surface area contributed by atoms with Gasteiger partial charge < -0.3 is 10.0 Å². The summed E-state index contributed by atoms with van der Waals surface area (Å²) in [6.45, 7) is 2.94. The molecule has 2 aromatic rings. The third-order valence-electron chi connectivity index (χ3n) is 4.12. The Morgan fingerprint density at radius 2 is 2.26 bits per heavy atom. The first kappa shape index (κ1) is 12.6. The van der Waals surface area contributed by atoms with E-state index in [2.05, 4.69) is 0 Å². The van der Waals surface area contributed by atoms with E-state index in [9.17, 15) is 9.90 Å². The summed E-state index contributed by atoms with van der Waals surface area (Å²) in [7, 11) is 0. The summed E-state index contributed by atoms with van der Waals surface area (Å²) in [4.78, 5) is 14.5. The molecule has 19 heavy (non-hydrogen) atoms. The average Bonchev–Trinajstić information content (AvgIpc) is 3.01. The highest BCUT2D eigenvalue weighted by Crippen LogP contribution is 2.30. The Morgan fingerprint density at radius 3 is 3.00 bits per heavy atom. The Morgan fingerprint density at radius 1 is 1.47 bits per heavy atom. The van der Waals surface area contributed by atoms with E-state index in [1.807, 2.05) is 41.5 Å². The summed E-state index contributed by atoms with van der Waals surface area (Å²) in [5, 5.41) is 12.3. The van der Waals surface area contributed by atoms with Gasteiger partial charge >= 0.3 is 0 Å². The van der Waals surface area contributed by atoms with Crippen molar-refractivity contribution < 1.29 is 9.90 Å². The van der Waals surface area contributed by atoms with Crippen LogP contribution < -0.4 is 0 Å². The number of aliphatic hydroxyl groups excluding tert-OH is 1. The molecule has 4 heteroatoms. The number of thiophene rings is 1. The normalized spacial score (nSPS) is 23.2. The van der Waals surface area contributed by atoms with Crippen molar-refractivity contribution in [1.82, 2.24) is 4.90 Å². The highest BCUT2D eigenvalue weighted by Gasteiger charge is 2.34. The van der Waals surface area contributed by atoms with Crippen molar-refractivity contribution in [2.24, 2.45) is 5.92 Å². The average molecular weight is 275 g/mol. The van der Waals surface area contributed by atoms with Gasteiger partial charge in [0, 0.05) is 40.6 Å². The molecule has 100 valence electrons. The number of hydrogen-bond donors (Lipinski definition) is 1. The van der Waals surface area contributed by atoms with Crippen LogP contribution >= 0.6 is 11.3 Å². The minimum Gasteiger partial charge on any atom is -0.396 e. The molecule has 1 fully saturated rings. The molecule has 0 unspecified atom stereocenters. The second-order valence-corrected chi connectivity index (χ2v) is 6.03. The van der Waals surface area contributed by atoms with Crippen LogP contribution in [0.5, 0.6) is 0 Å². The first-order valence-corrected chi connectivity index (χ1v) is 7.48. The van der Waals surface area contributed by atoms with Crippen molar-refractivity contribution in [3.05, 3.63) is 35.2 Å². The van der Waals surface area contributed by atoms with Gasteiger partial charge in [-0.3, -0.25) is 4.79 Å². The maximum absolute atomic E-state index is 12.6. The standard InChI is InChI=1S/C15H17NO2S/c1-10-11(8-17)6-7-16(10)15(18)13-9-19-14-5-3-2-4-12(13)14/h2-5,9-11,17H,6-8H2,1H3/t10-,11-/m0/s1. The van der Waals surface area contributed by atoms with Crippen LogP contribution in [0.2, 0.25) is 0 Å². The SMILES string of the molecule is C[C@H]1[C@H](CO)CCN1C(=O)c1csc2ccccc12. The minimum atomic E-state index is 0.0981. The van der Waals surface area contributed by atoms with Gasteiger partial charge in [-0.15, -0.1) is 11.3 Å². The summed E-state index contributed by atoms with van der Waals surface area (Å²) >= 11 is 1.61. The number of fused-ring (bicyclic) bond motifs is 1. The third kappa shape index (κ3) is 2.05. The number of carbonyl (C=O) groups excluding carboxylic acids is 1. The van der Waals surface area contributed by atoms with Crippen LogP contribution in [-0.2, 0) is 0 Å². The number of aliphatic hydroxyl groups is 1. The van der Waals surface area contributed by atoms with Crippen LogP contribution in [0.4, 0.5) is 0 Å². The van der Waals surface area contributed by atoms with Gasteiger partial charge in [0.25, 0.3) is 5.91 Å². The molecular formula is C15H17NO2S. The second-order valence-electron chi connectivity index (χ2n) is 5.12. The fourth-order valence-corrected chi connectivity index (χ4v) is 3.77. The molecule has 0 saturated carbocycles. The number of hydrogen-bond acceptors (Lipinski definition) is 3. The van der Waals surface area contributed by atoms with E-state index in [0.717, 1.165) is 28.6 Å². The summed E-state index contributed by atoms with van der Waals surface area (Å²) in [6.07, 6.45) is 0.894. The van der Waals surface area contributed by atoms with Crippen molar-refractivity contribution in [1.29, 1.82) is 0 Å². The summed E-state index contributed by atoms with van der Waals surface area (Å²) in [5.74, 6) is 0.315. The first-order valence-electron chi connectivity index (χ1n) is 6.60. The van der Waals surface area contributed by atoms with Crippen molar-refractivity contribution in [3.63, 3.8) is 0 Å². The molecule has 1 saturated heterocycles. The fraction of sp³-hybridized carbons (Fsp3) is 0.400. The minimum absolute atomic E-state index is 0.0981. The van der Waals surface area contributed by atoms with Gasteiger partial charge in [0.15, 0.2) is 0 Å². The van der Waals surface area contributed by atoms with Crippen molar-refractivity contribution >= 4 is 27.3 Å².